The molecule has 2 amide bonds. The summed E-state index contributed by atoms with van der Waals surface area (Å²) >= 11 is 6.46. The summed E-state index contributed by atoms with van der Waals surface area (Å²) in [6, 6.07) is 11.9. The van der Waals surface area contributed by atoms with E-state index in [1.54, 1.807) is 59.9 Å². The summed E-state index contributed by atoms with van der Waals surface area (Å²) in [5.41, 5.74) is 1.78. The number of carbonyl (C=O) groups is 2. The standard InChI is InChI=1S/C28H34ClN7O3/c1-34(2)14-4-15-35(3)25-8-5-21(18-32-25)27(37)33-24-17-22(6-7-23(24)29)36(26-19-31-13-16-39-26)28(38)20-9-11-30-12-10-20/h5-12,17-18,26,31H,4,13-16,19H2,1-3H3,(H,33,37). The zero-order chi connectivity index (χ0) is 27.8. The molecule has 1 saturated heterocycles. The van der Waals surface area contributed by atoms with Crippen LogP contribution in [0, 0.1) is 0 Å². The number of benzene rings is 1. The number of hydrogen-bond acceptors (Lipinski definition) is 8. The van der Waals surface area contributed by atoms with Crippen molar-refractivity contribution < 1.29 is 14.3 Å². The molecule has 1 unspecified atom stereocenters. The van der Waals surface area contributed by atoms with E-state index in [4.69, 9.17) is 16.3 Å². The van der Waals surface area contributed by atoms with Crippen molar-refractivity contribution in [3.63, 3.8) is 0 Å². The average molecular weight is 552 g/mol. The van der Waals surface area contributed by atoms with Crippen molar-refractivity contribution in [2.75, 3.05) is 69.0 Å². The van der Waals surface area contributed by atoms with Crippen molar-refractivity contribution >= 4 is 40.6 Å². The summed E-state index contributed by atoms with van der Waals surface area (Å²) in [6.07, 6.45) is 5.16. The highest BCUT2D eigenvalue weighted by molar-refractivity contribution is 6.34. The molecule has 1 atom stereocenters. The van der Waals surface area contributed by atoms with Crippen LogP contribution < -0.4 is 20.4 Å². The fourth-order valence-electron chi connectivity index (χ4n) is 4.20. The first-order valence-corrected chi connectivity index (χ1v) is 13.2. The Balaban J connectivity index is 1.51. The van der Waals surface area contributed by atoms with Crippen molar-refractivity contribution in [2.24, 2.45) is 0 Å². The Labute approximate surface area is 233 Å². The molecule has 0 bridgehead atoms. The second kappa shape index (κ2) is 13.5. The monoisotopic (exact) mass is 551 g/mol. The van der Waals surface area contributed by atoms with Crippen molar-refractivity contribution in [2.45, 2.75) is 12.6 Å². The van der Waals surface area contributed by atoms with E-state index in [0.717, 1.165) is 25.3 Å². The molecule has 3 heterocycles. The van der Waals surface area contributed by atoms with E-state index in [9.17, 15) is 9.59 Å². The molecule has 2 aromatic heterocycles. The summed E-state index contributed by atoms with van der Waals surface area (Å²) in [5, 5.41) is 6.47. The summed E-state index contributed by atoms with van der Waals surface area (Å²) in [6.45, 7) is 3.47. The first-order chi connectivity index (χ1) is 18.8. The van der Waals surface area contributed by atoms with E-state index in [-0.39, 0.29) is 11.8 Å². The van der Waals surface area contributed by atoms with Gasteiger partial charge in [-0.2, -0.15) is 0 Å². The maximum atomic E-state index is 13.5. The fraction of sp³-hybridized carbons (Fsp3) is 0.357. The topological polar surface area (TPSA) is 103 Å². The van der Waals surface area contributed by atoms with Crippen LogP contribution in [-0.4, -0.2) is 86.8 Å². The third-order valence-corrected chi connectivity index (χ3v) is 6.65. The number of nitrogens with one attached hydrogen (secondary N) is 2. The number of morpholine rings is 1. The van der Waals surface area contributed by atoms with Gasteiger partial charge in [-0.15, -0.1) is 0 Å². The van der Waals surface area contributed by atoms with Crippen LogP contribution >= 0.6 is 11.6 Å². The first-order valence-electron chi connectivity index (χ1n) is 12.8. The van der Waals surface area contributed by atoms with Crippen LogP contribution in [0.1, 0.15) is 27.1 Å². The van der Waals surface area contributed by atoms with Crippen LogP contribution in [0.4, 0.5) is 17.2 Å². The van der Waals surface area contributed by atoms with Gasteiger partial charge in [-0.3, -0.25) is 19.5 Å². The molecule has 3 aromatic rings. The molecule has 0 spiro atoms. The maximum Gasteiger partial charge on any atom is 0.260 e. The Hall–Kier alpha value is -3.57. The molecule has 1 aliphatic heterocycles. The molecule has 1 aromatic carbocycles. The number of ether oxygens (including phenoxy) is 1. The third-order valence-electron chi connectivity index (χ3n) is 6.32. The van der Waals surface area contributed by atoms with Crippen LogP contribution in [0.3, 0.4) is 0 Å². The van der Waals surface area contributed by atoms with Gasteiger partial charge in [0, 0.05) is 56.5 Å². The van der Waals surface area contributed by atoms with Gasteiger partial charge >= 0.3 is 0 Å². The summed E-state index contributed by atoms with van der Waals surface area (Å²) < 4.78 is 5.92. The Bertz CT molecular complexity index is 1250. The Morgan fingerprint density at radius 2 is 1.87 bits per heavy atom. The highest BCUT2D eigenvalue weighted by atomic mass is 35.5. The highest BCUT2D eigenvalue weighted by Gasteiger charge is 2.29. The van der Waals surface area contributed by atoms with Crippen molar-refractivity contribution in [1.29, 1.82) is 0 Å². The molecule has 1 aliphatic rings. The van der Waals surface area contributed by atoms with E-state index < -0.39 is 6.23 Å². The van der Waals surface area contributed by atoms with Crippen molar-refractivity contribution in [1.82, 2.24) is 20.2 Å². The SMILES string of the molecule is CN(C)CCCN(C)c1ccc(C(=O)Nc2cc(N(C(=O)c3ccncc3)C3CNCCO3)ccc2Cl)cn1. The third kappa shape index (κ3) is 7.51. The van der Waals surface area contributed by atoms with Crippen molar-refractivity contribution in [3.05, 3.63) is 77.2 Å². The van der Waals surface area contributed by atoms with Gasteiger partial charge in [-0.25, -0.2) is 4.98 Å². The molecular formula is C28H34ClN7O3. The zero-order valence-corrected chi connectivity index (χ0v) is 23.2. The van der Waals surface area contributed by atoms with E-state index in [1.807, 2.05) is 27.2 Å². The lowest BCUT2D eigenvalue weighted by atomic mass is 10.1. The lowest BCUT2D eigenvalue weighted by Gasteiger charge is -2.35. The van der Waals surface area contributed by atoms with Crippen LogP contribution in [-0.2, 0) is 4.74 Å². The molecule has 1 fully saturated rings. The fourth-order valence-corrected chi connectivity index (χ4v) is 4.37. The van der Waals surface area contributed by atoms with Crippen LogP contribution in [0.5, 0.6) is 0 Å². The average Bonchev–Trinajstić information content (AvgIpc) is 2.95. The Kier molecular flexibility index (Phi) is 9.83. The highest BCUT2D eigenvalue weighted by Crippen LogP contribution is 2.30. The molecule has 2 N–H and O–H groups in total. The smallest absolute Gasteiger partial charge is 0.260 e. The minimum atomic E-state index is -0.532. The van der Waals surface area contributed by atoms with E-state index in [2.05, 4.69) is 30.4 Å². The maximum absolute atomic E-state index is 13.5. The van der Waals surface area contributed by atoms with Gasteiger partial charge in [0.1, 0.15) is 12.0 Å². The van der Waals surface area contributed by atoms with Gasteiger partial charge < -0.3 is 25.2 Å². The number of amides is 2. The van der Waals surface area contributed by atoms with Crippen molar-refractivity contribution in [3.8, 4) is 0 Å². The minimum Gasteiger partial charge on any atom is -0.360 e. The zero-order valence-electron chi connectivity index (χ0n) is 22.4. The van der Waals surface area contributed by atoms with Gasteiger partial charge in [-0.05, 0) is 69.5 Å². The predicted molar refractivity (Wildman–Crippen MR) is 154 cm³/mol. The molecule has 0 radical (unpaired) electrons. The van der Waals surface area contributed by atoms with E-state index in [1.165, 1.54) is 0 Å². The van der Waals surface area contributed by atoms with Gasteiger partial charge in [0.25, 0.3) is 11.8 Å². The normalized spacial score (nSPS) is 15.2. The second-order valence-electron chi connectivity index (χ2n) is 9.54. The van der Waals surface area contributed by atoms with E-state index >= 15 is 0 Å². The van der Waals surface area contributed by atoms with Gasteiger partial charge in [0.05, 0.1) is 22.9 Å². The number of carbonyl (C=O) groups excluding carboxylic acids is 2. The van der Waals surface area contributed by atoms with Crippen LogP contribution in [0.25, 0.3) is 0 Å². The quantitative estimate of drug-likeness (QED) is 0.395. The largest absolute Gasteiger partial charge is 0.360 e. The predicted octanol–water partition coefficient (Wildman–Crippen LogP) is 3.36. The minimum absolute atomic E-state index is 0.250. The Morgan fingerprint density at radius 3 is 2.54 bits per heavy atom. The Morgan fingerprint density at radius 1 is 1.08 bits per heavy atom. The molecule has 11 heteroatoms. The van der Waals surface area contributed by atoms with Gasteiger partial charge in [-0.1, -0.05) is 11.6 Å². The lowest BCUT2D eigenvalue weighted by molar-refractivity contribution is 0.0255. The van der Waals surface area contributed by atoms with Gasteiger partial charge in [0.15, 0.2) is 0 Å². The molecule has 0 aliphatic carbocycles. The molecule has 39 heavy (non-hydrogen) atoms. The molecule has 4 rings (SSSR count). The number of hydrogen-bond donors (Lipinski definition) is 2. The number of nitrogens with zero attached hydrogens (tertiary/aromatic N) is 5. The first kappa shape index (κ1) is 28.4. The van der Waals surface area contributed by atoms with E-state index in [0.29, 0.717) is 47.2 Å². The summed E-state index contributed by atoms with van der Waals surface area (Å²) in [7, 11) is 6.07. The molecular weight excluding hydrogens is 518 g/mol. The molecule has 10 nitrogen and oxygen atoms in total. The molecule has 206 valence electrons. The number of halogens is 1. The number of anilines is 3. The number of rotatable bonds is 10. The molecule has 0 saturated carbocycles. The number of aromatic nitrogens is 2. The van der Waals surface area contributed by atoms with Crippen LogP contribution in [0.15, 0.2) is 61.1 Å². The number of pyridine rings is 2. The van der Waals surface area contributed by atoms with Crippen LogP contribution in [0.2, 0.25) is 5.02 Å². The van der Waals surface area contributed by atoms with Gasteiger partial charge in [0.2, 0.25) is 0 Å². The summed E-state index contributed by atoms with van der Waals surface area (Å²) in [4.78, 5) is 40.8. The lowest BCUT2D eigenvalue weighted by Crippen LogP contribution is -2.52. The summed E-state index contributed by atoms with van der Waals surface area (Å²) in [5.74, 6) is 0.183. The second-order valence-corrected chi connectivity index (χ2v) is 9.95.